The third kappa shape index (κ3) is 4.48. The third-order valence-corrected chi connectivity index (χ3v) is 5.95. The fraction of sp³-hybridized carbons (Fsp3) is 0.263. The number of benzene rings is 2. The quantitative estimate of drug-likeness (QED) is 0.697. The van der Waals surface area contributed by atoms with Gasteiger partial charge in [-0.1, -0.05) is 26.0 Å². The molecule has 0 radical (unpaired) electrons. The number of ether oxygens (including phenoxy) is 1. The standard InChI is InChI=1S/C19H20N2O4S/c1-3-21(4-2)26(23,24)18-11-9-17(10-12-18)19(22)25-14-16-7-5-15(13-20)6-8-16/h5-12H,3-4,14H2,1-2H3. The first-order valence-electron chi connectivity index (χ1n) is 8.18. The summed E-state index contributed by atoms with van der Waals surface area (Å²) in [6, 6.07) is 14.4. The molecule has 0 spiro atoms. The smallest absolute Gasteiger partial charge is 0.338 e. The van der Waals surface area contributed by atoms with Crippen LogP contribution in [0.15, 0.2) is 53.4 Å². The Bertz CT molecular complexity index is 894. The van der Waals surface area contributed by atoms with Crippen molar-refractivity contribution in [3.8, 4) is 6.07 Å². The fourth-order valence-corrected chi connectivity index (χ4v) is 3.84. The predicted molar refractivity (Wildman–Crippen MR) is 96.8 cm³/mol. The van der Waals surface area contributed by atoms with Crippen LogP contribution in [0.25, 0.3) is 0 Å². The number of nitriles is 1. The largest absolute Gasteiger partial charge is 0.457 e. The van der Waals surface area contributed by atoms with Gasteiger partial charge in [0.25, 0.3) is 0 Å². The zero-order chi connectivity index (χ0) is 19.2. The first kappa shape index (κ1) is 19.6. The van der Waals surface area contributed by atoms with Crippen LogP contribution in [0.5, 0.6) is 0 Å². The Morgan fingerprint density at radius 2 is 1.62 bits per heavy atom. The Kier molecular flexibility index (Phi) is 6.50. The molecule has 0 heterocycles. The van der Waals surface area contributed by atoms with Crippen LogP contribution >= 0.6 is 0 Å². The number of esters is 1. The van der Waals surface area contributed by atoms with Crippen molar-refractivity contribution in [2.45, 2.75) is 25.3 Å². The molecule has 136 valence electrons. The zero-order valence-electron chi connectivity index (χ0n) is 14.7. The second kappa shape index (κ2) is 8.61. The second-order valence-corrected chi connectivity index (χ2v) is 7.44. The third-order valence-electron chi connectivity index (χ3n) is 3.89. The van der Waals surface area contributed by atoms with Crippen molar-refractivity contribution < 1.29 is 17.9 Å². The predicted octanol–water partition coefficient (Wildman–Crippen LogP) is 2.95. The van der Waals surface area contributed by atoms with Gasteiger partial charge in [0, 0.05) is 13.1 Å². The van der Waals surface area contributed by atoms with Gasteiger partial charge in [-0.25, -0.2) is 13.2 Å². The Balaban J connectivity index is 2.05. The van der Waals surface area contributed by atoms with Gasteiger partial charge in [-0.05, 0) is 42.0 Å². The Morgan fingerprint density at radius 3 is 2.12 bits per heavy atom. The molecular weight excluding hydrogens is 352 g/mol. The molecule has 2 rings (SSSR count). The van der Waals surface area contributed by atoms with E-state index < -0.39 is 16.0 Å². The lowest BCUT2D eigenvalue weighted by Crippen LogP contribution is -2.30. The maximum Gasteiger partial charge on any atom is 0.338 e. The van der Waals surface area contributed by atoms with Crippen molar-refractivity contribution in [3.63, 3.8) is 0 Å². The molecule has 6 nitrogen and oxygen atoms in total. The lowest BCUT2D eigenvalue weighted by molar-refractivity contribution is 0.0472. The Morgan fingerprint density at radius 1 is 1.04 bits per heavy atom. The molecule has 0 bridgehead atoms. The summed E-state index contributed by atoms with van der Waals surface area (Å²) in [5.74, 6) is -0.541. The van der Waals surface area contributed by atoms with Gasteiger partial charge in [0.15, 0.2) is 0 Å². The van der Waals surface area contributed by atoms with Crippen LogP contribution in [-0.2, 0) is 21.4 Å². The average molecular weight is 372 g/mol. The van der Waals surface area contributed by atoms with Gasteiger partial charge < -0.3 is 4.74 Å². The molecule has 0 unspecified atom stereocenters. The molecule has 2 aromatic rings. The summed E-state index contributed by atoms with van der Waals surface area (Å²) in [7, 11) is -3.55. The first-order chi connectivity index (χ1) is 12.4. The summed E-state index contributed by atoms with van der Waals surface area (Å²) in [4.78, 5) is 12.3. The van der Waals surface area contributed by atoms with Crippen molar-refractivity contribution in [2.24, 2.45) is 0 Å². The normalized spacial score (nSPS) is 11.2. The van der Waals surface area contributed by atoms with Crippen LogP contribution < -0.4 is 0 Å². The van der Waals surface area contributed by atoms with Gasteiger partial charge in [0.2, 0.25) is 10.0 Å². The van der Waals surface area contributed by atoms with Crippen molar-refractivity contribution in [2.75, 3.05) is 13.1 Å². The SMILES string of the molecule is CCN(CC)S(=O)(=O)c1ccc(C(=O)OCc2ccc(C#N)cc2)cc1. The molecule has 26 heavy (non-hydrogen) atoms. The molecule has 0 aliphatic rings. The zero-order valence-corrected chi connectivity index (χ0v) is 15.5. The maximum atomic E-state index is 12.4. The van der Waals surface area contributed by atoms with E-state index in [2.05, 4.69) is 0 Å². The number of carbonyl (C=O) groups excluding carboxylic acids is 1. The van der Waals surface area contributed by atoms with E-state index in [1.165, 1.54) is 28.6 Å². The van der Waals surface area contributed by atoms with Crippen LogP contribution in [-0.4, -0.2) is 31.8 Å². The fourth-order valence-electron chi connectivity index (χ4n) is 2.38. The molecule has 0 aliphatic heterocycles. The van der Waals surface area contributed by atoms with Gasteiger partial charge in [-0.2, -0.15) is 9.57 Å². The summed E-state index contributed by atoms with van der Waals surface area (Å²) in [6.45, 7) is 4.39. The lowest BCUT2D eigenvalue weighted by atomic mass is 10.1. The Hall–Kier alpha value is -2.69. The number of rotatable bonds is 7. The summed E-state index contributed by atoms with van der Waals surface area (Å²) in [5, 5.41) is 8.76. The number of hydrogen-bond acceptors (Lipinski definition) is 5. The van der Waals surface area contributed by atoms with E-state index in [1.807, 2.05) is 6.07 Å². The van der Waals surface area contributed by atoms with Gasteiger partial charge in [0.1, 0.15) is 6.61 Å². The molecule has 0 N–H and O–H groups in total. The van der Waals surface area contributed by atoms with Gasteiger partial charge >= 0.3 is 5.97 Å². The molecule has 7 heteroatoms. The van der Waals surface area contributed by atoms with Crippen molar-refractivity contribution in [3.05, 3.63) is 65.2 Å². The van der Waals surface area contributed by atoms with E-state index in [4.69, 9.17) is 10.00 Å². The van der Waals surface area contributed by atoms with Gasteiger partial charge in [-0.3, -0.25) is 0 Å². The minimum Gasteiger partial charge on any atom is -0.457 e. The highest BCUT2D eigenvalue weighted by Gasteiger charge is 2.21. The van der Waals surface area contributed by atoms with E-state index in [9.17, 15) is 13.2 Å². The molecule has 2 aromatic carbocycles. The highest BCUT2D eigenvalue weighted by Crippen LogP contribution is 2.17. The van der Waals surface area contributed by atoms with E-state index in [0.29, 0.717) is 18.7 Å². The van der Waals surface area contributed by atoms with E-state index in [1.54, 1.807) is 38.1 Å². The van der Waals surface area contributed by atoms with Gasteiger partial charge in [-0.15, -0.1) is 0 Å². The highest BCUT2D eigenvalue weighted by molar-refractivity contribution is 7.89. The molecule has 0 saturated heterocycles. The van der Waals surface area contributed by atoms with Crippen molar-refractivity contribution >= 4 is 16.0 Å². The van der Waals surface area contributed by atoms with E-state index in [0.717, 1.165) is 5.56 Å². The van der Waals surface area contributed by atoms with Crippen LogP contribution in [0, 0.1) is 11.3 Å². The topological polar surface area (TPSA) is 87.5 Å². The van der Waals surface area contributed by atoms with Crippen LogP contribution in [0.1, 0.15) is 35.3 Å². The summed E-state index contributed by atoms with van der Waals surface area (Å²) < 4.78 is 31.4. The van der Waals surface area contributed by atoms with Crippen LogP contribution in [0.4, 0.5) is 0 Å². The number of hydrogen-bond donors (Lipinski definition) is 0. The molecular formula is C19H20N2O4S. The highest BCUT2D eigenvalue weighted by atomic mass is 32.2. The minimum atomic E-state index is -3.55. The summed E-state index contributed by atoms with van der Waals surface area (Å²) in [6.07, 6.45) is 0. The number of carbonyl (C=O) groups is 1. The first-order valence-corrected chi connectivity index (χ1v) is 9.62. The molecule has 0 fully saturated rings. The maximum absolute atomic E-state index is 12.4. The monoisotopic (exact) mass is 372 g/mol. The second-order valence-electron chi connectivity index (χ2n) is 5.50. The Labute approximate surface area is 153 Å². The lowest BCUT2D eigenvalue weighted by Gasteiger charge is -2.18. The molecule has 0 aromatic heterocycles. The van der Waals surface area contributed by atoms with Crippen molar-refractivity contribution in [1.82, 2.24) is 4.31 Å². The molecule has 0 amide bonds. The summed E-state index contributed by atoms with van der Waals surface area (Å²) in [5.41, 5.74) is 1.57. The average Bonchev–Trinajstić information content (AvgIpc) is 2.67. The minimum absolute atomic E-state index is 0.0735. The molecule has 0 aliphatic carbocycles. The molecule has 0 atom stereocenters. The van der Waals surface area contributed by atoms with Crippen LogP contribution in [0.3, 0.4) is 0 Å². The number of sulfonamides is 1. The summed E-state index contributed by atoms with van der Waals surface area (Å²) >= 11 is 0. The van der Waals surface area contributed by atoms with Crippen LogP contribution in [0.2, 0.25) is 0 Å². The molecule has 0 saturated carbocycles. The van der Waals surface area contributed by atoms with Gasteiger partial charge in [0.05, 0.1) is 22.1 Å². The van der Waals surface area contributed by atoms with E-state index in [-0.39, 0.29) is 17.1 Å². The van der Waals surface area contributed by atoms with Crippen molar-refractivity contribution in [1.29, 1.82) is 5.26 Å². The number of nitrogens with zero attached hydrogens (tertiary/aromatic N) is 2. The van der Waals surface area contributed by atoms with E-state index >= 15 is 0 Å².